The lowest BCUT2D eigenvalue weighted by molar-refractivity contribution is 0.0759. The molecule has 0 aromatic heterocycles. The zero-order valence-electron chi connectivity index (χ0n) is 16.6. The van der Waals surface area contributed by atoms with Crippen molar-refractivity contribution in [2.75, 3.05) is 13.2 Å². The van der Waals surface area contributed by atoms with Gasteiger partial charge in [-0.3, -0.25) is 4.90 Å². The van der Waals surface area contributed by atoms with Crippen LogP contribution in [0.4, 0.5) is 4.79 Å². The molecule has 2 aliphatic heterocycles. The minimum Gasteiger partial charge on any atom is -0.448 e. The van der Waals surface area contributed by atoms with Gasteiger partial charge >= 0.3 is 6.09 Å². The molecule has 2 heterocycles. The van der Waals surface area contributed by atoms with Gasteiger partial charge in [0.25, 0.3) is 0 Å². The number of rotatable bonds is 3. The maximum absolute atomic E-state index is 13.2. The molecule has 30 heavy (non-hydrogen) atoms. The second-order valence-electron chi connectivity index (χ2n) is 8.33. The number of amides is 1. The second-order valence-corrected chi connectivity index (χ2v) is 8.33. The number of hydrogen-bond acceptors (Lipinski definition) is 3. The Morgan fingerprint density at radius 1 is 0.867 bits per heavy atom. The summed E-state index contributed by atoms with van der Waals surface area (Å²) in [5, 5.41) is 0. The van der Waals surface area contributed by atoms with E-state index in [2.05, 4.69) is 60.7 Å². The van der Waals surface area contributed by atoms with Crippen molar-refractivity contribution in [2.24, 2.45) is 0 Å². The highest BCUT2D eigenvalue weighted by Gasteiger charge is 2.49. The fourth-order valence-electron chi connectivity index (χ4n) is 5.09. The number of carbonyl (C=O) groups is 1. The zero-order valence-corrected chi connectivity index (χ0v) is 16.6. The van der Waals surface area contributed by atoms with E-state index in [1.54, 1.807) is 0 Å². The number of piperidine rings is 1. The molecule has 2 fully saturated rings. The van der Waals surface area contributed by atoms with Crippen molar-refractivity contribution in [3.05, 3.63) is 95.6 Å². The van der Waals surface area contributed by atoms with E-state index in [-0.39, 0.29) is 30.3 Å². The van der Waals surface area contributed by atoms with Crippen LogP contribution < -0.4 is 0 Å². The first-order valence-corrected chi connectivity index (χ1v) is 10.6. The molecule has 3 aliphatic rings. The highest BCUT2D eigenvalue weighted by Crippen LogP contribution is 2.45. The summed E-state index contributed by atoms with van der Waals surface area (Å²) in [6, 6.07) is 27.0. The first-order valence-electron chi connectivity index (χ1n) is 10.6. The van der Waals surface area contributed by atoms with Gasteiger partial charge in [0.15, 0.2) is 0 Å². The summed E-state index contributed by atoms with van der Waals surface area (Å²) in [6.07, 6.45) is 1.01. The van der Waals surface area contributed by atoms with Gasteiger partial charge in [-0.05, 0) is 27.8 Å². The third-order valence-corrected chi connectivity index (χ3v) is 6.65. The molecule has 150 valence electrons. The summed E-state index contributed by atoms with van der Waals surface area (Å²) in [4.78, 5) is 15.0. The van der Waals surface area contributed by atoms with Crippen molar-refractivity contribution >= 4 is 6.09 Å². The lowest BCUT2D eigenvalue weighted by atomic mass is 9.95. The SMILES string of the molecule is O=C(OCC1c2ccccc2-c2ccccc21)N1C[C@H]2O[C@H]2C[C@@H]1c1ccccc1. The zero-order chi connectivity index (χ0) is 20.1. The van der Waals surface area contributed by atoms with Crippen LogP contribution >= 0.6 is 0 Å². The predicted octanol–water partition coefficient (Wildman–Crippen LogP) is 5.15. The Labute approximate surface area is 176 Å². The maximum Gasteiger partial charge on any atom is 0.410 e. The summed E-state index contributed by atoms with van der Waals surface area (Å²) in [5.74, 6) is 0.0752. The molecular weight excluding hydrogens is 374 g/mol. The average Bonchev–Trinajstić information content (AvgIpc) is 3.51. The van der Waals surface area contributed by atoms with Crippen LogP contribution in [0.25, 0.3) is 11.1 Å². The first-order chi connectivity index (χ1) is 14.8. The van der Waals surface area contributed by atoms with Gasteiger partial charge in [0.05, 0.1) is 18.7 Å². The van der Waals surface area contributed by atoms with Crippen LogP contribution in [0.1, 0.15) is 35.1 Å². The van der Waals surface area contributed by atoms with Crippen molar-refractivity contribution in [1.82, 2.24) is 4.90 Å². The number of carbonyl (C=O) groups excluding carboxylic acids is 1. The number of fused-ring (bicyclic) bond motifs is 4. The molecule has 1 amide bonds. The molecule has 3 aromatic rings. The molecule has 6 rings (SSSR count). The van der Waals surface area contributed by atoms with Crippen LogP contribution in [0.5, 0.6) is 0 Å². The summed E-state index contributed by atoms with van der Waals surface area (Å²) < 4.78 is 11.7. The Hall–Kier alpha value is -3.11. The van der Waals surface area contributed by atoms with Crippen LogP contribution in [-0.2, 0) is 9.47 Å². The Balaban J connectivity index is 1.23. The maximum atomic E-state index is 13.2. The molecule has 4 heteroatoms. The quantitative estimate of drug-likeness (QED) is 0.574. The van der Waals surface area contributed by atoms with Crippen molar-refractivity contribution in [3.63, 3.8) is 0 Å². The lowest BCUT2D eigenvalue weighted by Crippen LogP contribution is -2.42. The van der Waals surface area contributed by atoms with Gasteiger partial charge in [-0.15, -0.1) is 0 Å². The third-order valence-electron chi connectivity index (χ3n) is 6.65. The number of hydrogen-bond donors (Lipinski definition) is 0. The van der Waals surface area contributed by atoms with Crippen LogP contribution in [0, 0.1) is 0 Å². The summed E-state index contributed by atoms with van der Waals surface area (Å²) >= 11 is 0. The molecule has 1 aliphatic carbocycles. The minimum atomic E-state index is -0.250. The van der Waals surface area contributed by atoms with E-state index < -0.39 is 0 Å². The Morgan fingerprint density at radius 3 is 2.20 bits per heavy atom. The summed E-state index contributed by atoms with van der Waals surface area (Å²) in [7, 11) is 0. The smallest absolute Gasteiger partial charge is 0.410 e. The van der Waals surface area contributed by atoms with Gasteiger partial charge in [0, 0.05) is 12.3 Å². The molecule has 0 unspecified atom stereocenters. The molecule has 0 radical (unpaired) electrons. The van der Waals surface area contributed by atoms with Gasteiger partial charge in [0.2, 0.25) is 0 Å². The van der Waals surface area contributed by atoms with E-state index in [0.29, 0.717) is 13.2 Å². The van der Waals surface area contributed by atoms with Crippen LogP contribution in [0.2, 0.25) is 0 Å². The summed E-state index contributed by atoms with van der Waals surface area (Å²) in [6.45, 7) is 0.945. The molecule has 3 aromatic carbocycles. The van der Waals surface area contributed by atoms with Crippen molar-refractivity contribution in [3.8, 4) is 11.1 Å². The van der Waals surface area contributed by atoms with E-state index in [4.69, 9.17) is 9.47 Å². The number of ether oxygens (including phenoxy) is 2. The van der Waals surface area contributed by atoms with Crippen LogP contribution in [0.15, 0.2) is 78.9 Å². The molecule has 0 N–H and O–H groups in total. The fourth-order valence-corrected chi connectivity index (χ4v) is 5.09. The van der Waals surface area contributed by atoms with Gasteiger partial charge in [-0.1, -0.05) is 78.9 Å². The normalized spacial score (nSPS) is 24.0. The Bertz CT molecular complexity index is 1050. The average molecular weight is 397 g/mol. The number of likely N-dealkylation sites (tertiary alicyclic amines) is 1. The molecule has 0 spiro atoms. The van der Waals surface area contributed by atoms with Crippen LogP contribution in [-0.4, -0.2) is 36.4 Å². The van der Waals surface area contributed by atoms with Crippen molar-refractivity contribution in [1.29, 1.82) is 0 Å². The largest absolute Gasteiger partial charge is 0.448 e. The third kappa shape index (κ3) is 2.91. The highest BCUT2D eigenvalue weighted by molar-refractivity contribution is 5.79. The Kier molecular flexibility index (Phi) is 4.13. The first kappa shape index (κ1) is 17.7. The highest BCUT2D eigenvalue weighted by atomic mass is 16.6. The van der Waals surface area contributed by atoms with Crippen molar-refractivity contribution < 1.29 is 14.3 Å². The van der Waals surface area contributed by atoms with Gasteiger partial charge < -0.3 is 9.47 Å². The monoisotopic (exact) mass is 397 g/mol. The molecule has 2 saturated heterocycles. The topological polar surface area (TPSA) is 42.1 Å². The van der Waals surface area contributed by atoms with E-state index >= 15 is 0 Å². The number of benzene rings is 3. The van der Waals surface area contributed by atoms with Gasteiger partial charge in [-0.25, -0.2) is 4.79 Å². The molecule has 4 nitrogen and oxygen atoms in total. The molecule has 0 bridgehead atoms. The second kappa shape index (κ2) is 6.99. The Morgan fingerprint density at radius 2 is 1.50 bits per heavy atom. The van der Waals surface area contributed by atoms with E-state index in [0.717, 1.165) is 12.0 Å². The lowest BCUT2D eigenvalue weighted by Gasteiger charge is -2.33. The molecule has 3 atom stereocenters. The van der Waals surface area contributed by atoms with Gasteiger partial charge in [0.1, 0.15) is 12.7 Å². The number of epoxide rings is 1. The molecule has 0 saturated carbocycles. The van der Waals surface area contributed by atoms with E-state index in [1.807, 2.05) is 23.1 Å². The predicted molar refractivity (Wildman–Crippen MR) is 114 cm³/mol. The van der Waals surface area contributed by atoms with Crippen LogP contribution in [0.3, 0.4) is 0 Å². The standard InChI is InChI=1S/C26H23NO3/c28-26(27-15-25-24(30-25)14-23(27)17-8-2-1-3-9-17)29-16-22-20-12-6-4-10-18(20)19-11-5-7-13-21(19)22/h1-13,22-25H,14-16H2/t23-,24+,25-/m1/s1. The van der Waals surface area contributed by atoms with Crippen molar-refractivity contribution in [2.45, 2.75) is 30.6 Å². The summed E-state index contributed by atoms with van der Waals surface area (Å²) in [5.41, 5.74) is 6.08. The fraction of sp³-hybridized carbons (Fsp3) is 0.269. The number of nitrogens with zero attached hydrogens (tertiary/aromatic N) is 1. The van der Waals surface area contributed by atoms with E-state index in [9.17, 15) is 4.79 Å². The molecular formula is C26H23NO3. The minimum absolute atomic E-state index is 0.00519. The van der Waals surface area contributed by atoms with E-state index in [1.165, 1.54) is 22.3 Å². The van der Waals surface area contributed by atoms with Gasteiger partial charge in [-0.2, -0.15) is 0 Å².